The Morgan fingerprint density at radius 3 is 3.08 bits per heavy atom. The molecule has 24 heavy (non-hydrogen) atoms. The molecule has 0 bridgehead atoms. The van der Waals surface area contributed by atoms with Crippen molar-refractivity contribution in [2.24, 2.45) is 5.92 Å². The van der Waals surface area contributed by atoms with Crippen molar-refractivity contribution in [3.8, 4) is 0 Å². The van der Waals surface area contributed by atoms with Crippen LogP contribution >= 0.6 is 0 Å². The Kier molecular flexibility index (Phi) is 5.38. The molecule has 2 N–H and O–H groups in total. The highest BCUT2D eigenvalue weighted by Gasteiger charge is 2.24. The molecule has 1 saturated carbocycles. The Morgan fingerprint density at radius 1 is 1.42 bits per heavy atom. The van der Waals surface area contributed by atoms with E-state index in [1.54, 1.807) is 6.20 Å². The SMILES string of the molecule is CCC[C@H]1CCC[C@H](Nc2c(C(=O)OCC)cnc3[nH]ccc23)C1. The number of pyridine rings is 1. The van der Waals surface area contributed by atoms with Gasteiger partial charge in [-0.3, -0.25) is 0 Å². The largest absolute Gasteiger partial charge is 0.462 e. The lowest BCUT2D eigenvalue weighted by Crippen LogP contribution is -2.28. The van der Waals surface area contributed by atoms with Gasteiger partial charge in [0.1, 0.15) is 11.2 Å². The zero-order valence-corrected chi connectivity index (χ0v) is 14.6. The molecule has 2 atom stereocenters. The van der Waals surface area contributed by atoms with Gasteiger partial charge in [-0.1, -0.05) is 32.6 Å². The number of aromatic nitrogens is 2. The molecule has 0 amide bonds. The van der Waals surface area contributed by atoms with Gasteiger partial charge < -0.3 is 15.0 Å². The number of rotatable bonds is 6. The van der Waals surface area contributed by atoms with Crippen LogP contribution in [-0.2, 0) is 4.74 Å². The molecular weight excluding hydrogens is 302 g/mol. The lowest BCUT2D eigenvalue weighted by atomic mass is 9.83. The molecule has 0 aliphatic heterocycles. The maximum atomic E-state index is 12.3. The first kappa shape index (κ1) is 16.8. The summed E-state index contributed by atoms with van der Waals surface area (Å²) in [5.41, 5.74) is 2.19. The van der Waals surface area contributed by atoms with Crippen LogP contribution in [0, 0.1) is 5.92 Å². The smallest absolute Gasteiger partial charge is 0.341 e. The molecule has 3 rings (SSSR count). The number of carbonyl (C=O) groups is 1. The summed E-state index contributed by atoms with van der Waals surface area (Å²) < 4.78 is 5.21. The molecule has 1 fully saturated rings. The Morgan fingerprint density at radius 2 is 2.29 bits per heavy atom. The highest BCUT2D eigenvalue weighted by Crippen LogP contribution is 2.33. The summed E-state index contributed by atoms with van der Waals surface area (Å²) >= 11 is 0. The fourth-order valence-electron chi connectivity index (χ4n) is 3.82. The van der Waals surface area contributed by atoms with Crippen molar-refractivity contribution < 1.29 is 9.53 Å². The van der Waals surface area contributed by atoms with Crippen LogP contribution in [0.5, 0.6) is 0 Å². The Hall–Kier alpha value is -2.04. The third-order valence-corrected chi connectivity index (χ3v) is 4.91. The van der Waals surface area contributed by atoms with Crippen molar-refractivity contribution in [3.05, 3.63) is 24.0 Å². The summed E-state index contributed by atoms with van der Waals surface area (Å²) in [6.07, 6.45) is 10.9. The zero-order valence-electron chi connectivity index (χ0n) is 14.6. The van der Waals surface area contributed by atoms with E-state index < -0.39 is 0 Å². The first-order valence-corrected chi connectivity index (χ1v) is 9.12. The molecule has 0 spiro atoms. The lowest BCUT2D eigenvalue weighted by molar-refractivity contribution is 0.0527. The number of fused-ring (bicyclic) bond motifs is 1. The van der Waals surface area contributed by atoms with Gasteiger partial charge in [0.2, 0.25) is 0 Å². The van der Waals surface area contributed by atoms with Gasteiger partial charge in [-0.25, -0.2) is 9.78 Å². The molecular formula is C19H27N3O2. The fourth-order valence-corrected chi connectivity index (χ4v) is 3.82. The van der Waals surface area contributed by atoms with E-state index in [1.807, 2.05) is 19.2 Å². The number of nitrogens with zero attached hydrogens (tertiary/aromatic N) is 1. The van der Waals surface area contributed by atoms with Gasteiger partial charge in [-0.2, -0.15) is 0 Å². The third-order valence-electron chi connectivity index (χ3n) is 4.91. The molecule has 0 radical (unpaired) electrons. The van der Waals surface area contributed by atoms with E-state index in [0.717, 1.165) is 29.1 Å². The predicted molar refractivity (Wildman–Crippen MR) is 96.3 cm³/mol. The topological polar surface area (TPSA) is 67.0 Å². The first-order chi connectivity index (χ1) is 11.7. The van der Waals surface area contributed by atoms with Gasteiger partial charge in [-0.15, -0.1) is 0 Å². The Balaban J connectivity index is 1.87. The second-order valence-corrected chi connectivity index (χ2v) is 6.67. The van der Waals surface area contributed by atoms with Crippen molar-refractivity contribution >= 4 is 22.7 Å². The number of ether oxygens (including phenoxy) is 1. The summed E-state index contributed by atoms with van der Waals surface area (Å²) in [7, 11) is 0. The van der Waals surface area contributed by atoms with Crippen LogP contribution in [-0.4, -0.2) is 28.6 Å². The number of anilines is 1. The van der Waals surface area contributed by atoms with Crippen LogP contribution in [0.15, 0.2) is 18.5 Å². The van der Waals surface area contributed by atoms with Gasteiger partial charge in [0.25, 0.3) is 0 Å². The molecule has 130 valence electrons. The van der Waals surface area contributed by atoms with E-state index >= 15 is 0 Å². The average molecular weight is 329 g/mol. The number of carbonyl (C=O) groups excluding carboxylic acids is 1. The minimum absolute atomic E-state index is 0.309. The Bertz CT molecular complexity index is 693. The molecule has 5 nitrogen and oxygen atoms in total. The van der Waals surface area contributed by atoms with Crippen LogP contribution in [0.25, 0.3) is 11.0 Å². The number of H-pyrrole nitrogens is 1. The van der Waals surface area contributed by atoms with Crippen LogP contribution in [0.4, 0.5) is 5.69 Å². The maximum absolute atomic E-state index is 12.3. The number of hydrogen-bond donors (Lipinski definition) is 2. The van der Waals surface area contributed by atoms with E-state index in [4.69, 9.17) is 4.74 Å². The van der Waals surface area contributed by atoms with Gasteiger partial charge in [0, 0.05) is 23.8 Å². The molecule has 2 aromatic heterocycles. The van der Waals surface area contributed by atoms with E-state index in [1.165, 1.54) is 32.1 Å². The number of nitrogens with one attached hydrogen (secondary N) is 2. The number of hydrogen-bond acceptors (Lipinski definition) is 4. The van der Waals surface area contributed by atoms with Gasteiger partial charge >= 0.3 is 5.97 Å². The molecule has 5 heteroatoms. The maximum Gasteiger partial charge on any atom is 0.341 e. The number of esters is 1. The van der Waals surface area contributed by atoms with Gasteiger partial charge in [0.15, 0.2) is 0 Å². The summed E-state index contributed by atoms with van der Waals surface area (Å²) in [6, 6.07) is 2.38. The first-order valence-electron chi connectivity index (χ1n) is 9.12. The van der Waals surface area contributed by atoms with E-state index in [9.17, 15) is 4.79 Å². The van der Waals surface area contributed by atoms with Crippen LogP contribution in [0.2, 0.25) is 0 Å². The highest BCUT2D eigenvalue weighted by molar-refractivity contribution is 6.04. The summed E-state index contributed by atoms with van der Waals surface area (Å²) in [5.74, 6) is 0.479. The molecule has 0 aromatic carbocycles. The summed E-state index contributed by atoms with van der Waals surface area (Å²) in [4.78, 5) is 19.8. The van der Waals surface area contributed by atoms with Crippen LogP contribution < -0.4 is 5.32 Å². The van der Waals surface area contributed by atoms with Crippen molar-refractivity contribution in [3.63, 3.8) is 0 Å². The Labute approximate surface area is 143 Å². The van der Waals surface area contributed by atoms with E-state index in [-0.39, 0.29) is 5.97 Å². The normalized spacial score (nSPS) is 20.9. The molecule has 0 unspecified atom stereocenters. The lowest BCUT2D eigenvalue weighted by Gasteiger charge is -2.31. The van der Waals surface area contributed by atoms with Crippen molar-refractivity contribution in [1.82, 2.24) is 9.97 Å². The van der Waals surface area contributed by atoms with Crippen molar-refractivity contribution in [2.75, 3.05) is 11.9 Å². The molecule has 2 aromatic rings. The standard InChI is InChI=1S/C19H27N3O2/c1-3-6-13-7-5-8-14(11-13)22-17-15-9-10-20-18(15)21-12-16(17)19(23)24-4-2/h9-10,12-14H,3-8,11H2,1-2H3,(H2,20,21,22)/t13-,14-/m0/s1. The molecule has 1 aliphatic carbocycles. The molecule has 2 heterocycles. The van der Waals surface area contributed by atoms with Crippen molar-refractivity contribution in [1.29, 1.82) is 0 Å². The highest BCUT2D eigenvalue weighted by atomic mass is 16.5. The van der Waals surface area contributed by atoms with Gasteiger partial charge in [-0.05, 0) is 31.7 Å². The quantitative estimate of drug-likeness (QED) is 0.765. The van der Waals surface area contributed by atoms with Gasteiger partial charge in [0.05, 0.1) is 12.3 Å². The minimum atomic E-state index is -0.309. The van der Waals surface area contributed by atoms with Crippen LogP contribution in [0.1, 0.15) is 62.7 Å². The molecule has 0 saturated heterocycles. The zero-order chi connectivity index (χ0) is 16.9. The van der Waals surface area contributed by atoms with Crippen LogP contribution in [0.3, 0.4) is 0 Å². The molecule has 1 aliphatic rings. The summed E-state index contributed by atoms with van der Waals surface area (Å²) in [5, 5.41) is 4.60. The minimum Gasteiger partial charge on any atom is -0.462 e. The average Bonchev–Trinajstić information content (AvgIpc) is 3.05. The third kappa shape index (κ3) is 3.55. The van der Waals surface area contributed by atoms with Crippen molar-refractivity contribution in [2.45, 2.75) is 58.4 Å². The second kappa shape index (κ2) is 7.69. The number of aromatic amines is 1. The predicted octanol–water partition coefficient (Wildman–Crippen LogP) is 4.51. The second-order valence-electron chi connectivity index (χ2n) is 6.67. The van der Waals surface area contributed by atoms with E-state index in [2.05, 4.69) is 22.2 Å². The van der Waals surface area contributed by atoms with E-state index in [0.29, 0.717) is 18.2 Å². The summed E-state index contributed by atoms with van der Waals surface area (Å²) in [6.45, 7) is 4.44. The fraction of sp³-hybridized carbons (Fsp3) is 0.579. The monoisotopic (exact) mass is 329 g/mol.